The van der Waals surface area contributed by atoms with Gasteiger partial charge in [-0.3, -0.25) is 9.78 Å². The van der Waals surface area contributed by atoms with Gasteiger partial charge in [-0.25, -0.2) is 0 Å². The molecule has 1 aliphatic rings. The van der Waals surface area contributed by atoms with E-state index in [2.05, 4.69) is 15.6 Å². The molecule has 5 nitrogen and oxygen atoms in total. The SMILES string of the molecule is COCC1(CNC(=O)c2cccc3cnccc23)CCNCC1. The van der Waals surface area contributed by atoms with E-state index in [-0.39, 0.29) is 11.3 Å². The quantitative estimate of drug-likeness (QED) is 0.886. The molecule has 1 aliphatic heterocycles. The van der Waals surface area contributed by atoms with Gasteiger partial charge in [-0.05, 0) is 43.5 Å². The van der Waals surface area contributed by atoms with Crippen molar-refractivity contribution in [2.45, 2.75) is 12.8 Å². The number of piperidine rings is 1. The van der Waals surface area contributed by atoms with E-state index in [1.807, 2.05) is 24.3 Å². The van der Waals surface area contributed by atoms with Crippen molar-refractivity contribution in [3.63, 3.8) is 0 Å². The minimum Gasteiger partial charge on any atom is -0.384 e. The summed E-state index contributed by atoms with van der Waals surface area (Å²) >= 11 is 0. The molecule has 23 heavy (non-hydrogen) atoms. The molecule has 0 radical (unpaired) electrons. The van der Waals surface area contributed by atoms with Gasteiger partial charge in [0.25, 0.3) is 5.91 Å². The number of benzene rings is 1. The zero-order valence-corrected chi connectivity index (χ0v) is 13.5. The Kier molecular flexibility index (Phi) is 4.88. The summed E-state index contributed by atoms with van der Waals surface area (Å²) in [7, 11) is 1.73. The summed E-state index contributed by atoms with van der Waals surface area (Å²) in [4.78, 5) is 16.8. The van der Waals surface area contributed by atoms with Gasteiger partial charge < -0.3 is 15.4 Å². The molecule has 1 fully saturated rings. The number of ether oxygens (including phenoxy) is 1. The maximum Gasteiger partial charge on any atom is 0.251 e. The minimum atomic E-state index is -0.0317. The van der Waals surface area contributed by atoms with Gasteiger partial charge >= 0.3 is 0 Å². The van der Waals surface area contributed by atoms with E-state index in [9.17, 15) is 4.79 Å². The molecule has 1 aromatic carbocycles. The zero-order valence-electron chi connectivity index (χ0n) is 13.5. The standard InChI is InChI=1S/C18H23N3O2/c1-23-13-18(6-9-19-10-7-18)12-21-17(22)16-4-2-3-14-11-20-8-5-15(14)16/h2-5,8,11,19H,6-7,9-10,12-13H2,1H3,(H,21,22). The van der Waals surface area contributed by atoms with Crippen molar-refractivity contribution < 1.29 is 9.53 Å². The van der Waals surface area contributed by atoms with E-state index >= 15 is 0 Å². The predicted octanol–water partition coefficient (Wildman–Crippen LogP) is 1.98. The van der Waals surface area contributed by atoms with Gasteiger partial charge in [0.05, 0.1) is 6.61 Å². The lowest BCUT2D eigenvalue weighted by molar-refractivity contribution is 0.0512. The van der Waals surface area contributed by atoms with Crippen LogP contribution < -0.4 is 10.6 Å². The second-order valence-corrected chi connectivity index (χ2v) is 6.27. The van der Waals surface area contributed by atoms with E-state index in [0.717, 1.165) is 36.7 Å². The highest BCUT2D eigenvalue weighted by molar-refractivity contribution is 6.06. The number of aromatic nitrogens is 1. The van der Waals surface area contributed by atoms with Crippen LogP contribution in [0.25, 0.3) is 10.8 Å². The molecule has 0 aliphatic carbocycles. The number of fused-ring (bicyclic) bond motifs is 1. The van der Waals surface area contributed by atoms with Crippen LogP contribution in [-0.4, -0.2) is 44.2 Å². The molecule has 2 heterocycles. The monoisotopic (exact) mass is 313 g/mol. The maximum absolute atomic E-state index is 12.7. The van der Waals surface area contributed by atoms with Crippen molar-refractivity contribution in [2.24, 2.45) is 5.41 Å². The average molecular weight is 313 g/mol. The number of carbonyl (C=O) groups excluding carboxylic acids is 1. The molecule has 3 rings (SSSR count). The van der Waals surface area contributed by atoms with Crippen LogP contribution in [0.2, 0.25) is 0 Å². The van der Waals surface area contributed by atoms with Gasteiger partial charge in [-0.2, -0.15) is 0 Å². The highest BCUT2D eigenvalue weighted by Crippen LogP contribution is 2.28. The number of nitrogens with zero attached hydrogens (tertiary/aromatic N) is 1. The molecule has 0 spiro atoms. The molecule has 1 saturated heterocycles. The summed E-state index contributed by atoms with van der Waals surface area (Å²) in [5.74, 6) is -0.0317. The van der Waals surface area contributed by atoms with E-state index in [0.29, 0.717) is 18.7 Å². The first-order chi connectivity index (χ1) is 11.2. The Labute approximate surface area is 136 Å². The molecule has 2 N–H and O–H groups in total. The second-order valence-electron chi connectivity index (χ2n) is 6.27. The number of rotatable bonds is 5. The second kappa shape index (κ2) is 7.06. The summed E-state index contributed by atoms with van der Waals surface area (Å²) in [6.45, 7) is 3.26. The van der Waals surface area contributed by atoms with Crippen molar-refractivity contribution in [2.75, 3.05) is 33.4 Å². The van der Waals surface area contributed by atoms with Crippen LogP contribution >= 0.6 is 0 Å². The molecule has 1 aromatic heterocycles. The Morgan fingerprint density at radius 3 is 2.96 bits per heavy atom. The van der Waals surface area contributed by atoms with E-state index in [4.69, 9.17) is 4.74 Å². The fourth-order valence-electron chi connectivity index (χ4n) is 3.32. The molecular formula is C18H23N3O2. The van der Waals surface area contributed by atoms with Crippen LogP contribution in [0, 0.1) is 5.41 Å². The van der Waals surface area contributed by atoms with Crippen LogP contribution in [0.3, 0.4) is 0 Å². The summed E-state index contributed by atoms with van der Waals surface area (Å²) in [6.07, 6.45) is 5.53. The van der Waals surface area contributed by atoms with E-state index in [1.54, 1.807) is 19.5 Å². The lowest BCUT2D eigenvalue weighted by Gasteiger charge is -2.37. The van der Waals surface area contributed by atoms with Gasteiger partial charge in [-0.1, -0.05) is 12.1 Å². The van der Waals surface area contributed by atoms with Gasteiger partial charge in [-0.15, -0.1) is 0 Å². The maximum atomic E-state index is 12.7. The van der Waals surface area contributed by atoms with Crippen molar-refractivity contribution in [3.8, 4) is 0 Å². The number of nitrogens with one attached hydrogen (secondary N) is 2. The third-order valence-electron chi connectivity index (χ3n) is 4.66. The Morgan fingerprint density at radius 2 is 2.17 bits per heavy atom. The first-order valence-corrected chi connectivity index (χ1v) is 8.05. The first kappa shape index (κ1) is 15.9. The van der Waals surface area contributed by atoms with Gasteiger partial charge in [0.15, 0.2) is 0 Å². The normalized spacial score (nSPS) is 17.1. The van der Waals surface area contributed by atoms with Crippen LogP contribution in [0.15, 0.2) is 36.7 Å². The number of amides is 1. The number of pyridine rings is 1. The number of carbonyl (C=O) groups is 1. The Balaban J connectivity index is 1.75. The van der Waals surface area contributed by atoms with Gasteiger partial charge in [0.1, 0.15) is 0 Å². The number of methoxy groups -OCH3 is 1. The highest BCUT2D eigenvalue weighted by Gasteiger charge is 2.32. The van der Waals surface area contributed by atoms with Gasteiger partial charge in [0.2, 0.25) is 0 Å². The molecule has 2 aromatic rings. The van der Waals surface area contributed by atoms with Crippen LogP contribution in [-0.2, 0) is 4.74 Å². The molecule has 0 unspecified atom stereocenters. The van der Waals surface area contributed by atoms with Crippen molar-refractivity contribution in [3.05, 3.63) is 42.2 Å². The topological polar surface area (TPSA) is 63.2 Å². The van der Waals surface area contributed by atoms with Crippen molar-refractivity contribution >= 4 is 16.7 Å². The molecule has 0 bridgehead atoms. The van der Waals surface area contributed by atoms with Crippen LogP contribution in [0.5, 0.6) is 0 Å². The Bertz CT molecular complexity index is 670. The number of hydrogen-bond acceptors (Lipinski definition) is 4. The highest BCUT2D eigenvalue weighted by atomic mass is 16.5. The smallest absolute Gasteiger partial charge is 0.251 e. The van der Waals surface area contributed by atoms with Crippen LogP contribution in [0.1, 0.15) is 23.2 Å². The summed E-state index contributed by atoms with van der Waals surface area (Å²) in [5, 5.41) is 8.40. The molecule has 0 saturated carbocycles. The Morgan fingerprint density at radius 1 is 1.35 bits per heavy atom. The minimum absolute atomic E-state index is 0.0296. The molecule has 122 valence electrons. The summed E-state index contributed by atoms with van der Waals surface area (Å²) in [6, 6.07) is 7.62. The largest absolute Gasteiger partial charge is 0.384 e. The first-order valence-electron chi connectivity index (χ1n) is 8.05. The number of hydrogen-bond donors (Lipinski definition) is 2. The summed E-state index contributed by atoms with van der Waals surface area (Å²) < 4.78 is 5.41. The fourth-order valence-corrected chi connectivity index (χ4v) is 3.32. The molecule has 5 heteroatoms. The van der Waals surface area contributed by atoms with Gasteiger partial charge in [0, 0.05) is 42.4 Å². The molecule has 0 atom stereocenters. The third-order valence-corrected chi connectivity index (χ3v) is 4.66. The lowest BCUT2D eigenvalue weighted by Crippen LogP contribution is -2.47. The fraction of sp³-hybridized carbons (Fsp3) is 0.444. The molecular weight excluding hydrogens is 290 g/mol. The van der Waals surface area contributed by atoms with Crippen molar-refractivity contribution in [1.29, 1.82) is 0 Å². The molecule has 1 amide bonds. The summed E-state index contributed by atoms with van der Waals surface area (Å²) in [5.41, 5.74) is 0.730. The third kappa shape index (κ3) is 3.51. The lowest BCUT2D eigenvalue weighted by atomic mass is 9.79. The Hall–Kier alpha value is -1.98. The predicted molar refractivity (Wildman–Crippen MR) is 90.5 cm³/mol. The van der Waals surface area contributed by atoms with Crippen molar-refractivity contribution in [1.82, 2.24) is 15.6 Å². The van der Waals surface area contributed by atoms with Crippen LogP contribution in [0.4, 0.5) is 0 Å². The van der Waals surface area contributed by atoms with E-state index < -0.39 is 0 Å². The van der Waals surface area contributed by atoms with E-state index in [1.165, 1.54) is 0 Å². The zero-order chi connectivity index (χ0) is 16.1. The average Bonchev–Trinajstić information content (AvgIpc) is 2.60.